The maximum Gasteiger partial charge on any atom is 0.00833 e. The van der Waals surface area contributed by atoms with Crippen molar-refractivity contribution in [2.75, 3.05) is 13.1 Å². The van der Waals surface area contributed by atoms with Crippen molar-refractivity contribution < 1.29 is 0 Å². The van der Waals surface area contributed by atoms with Crippen LogP contribution in [0.3, 0.4) is 0 Å². The smallest absolute Gasteiger partial charge is 0.00833 e. The number of hydrogen-bond donors (Lipinski definition) is 1. The summed E-state index contributed by atoms with van der Waals surface area (Å²) in [6, 6.07) is 7.11. The van der Waals surface area contributed by atoms with Crippen molar-refractivity contribution in [1.82, 2.24) is 5.32 Å². The molecule has 1 saturated carbocycles. The van der Waals surface area contributed by atoms with Gasteiger partial charge in [0.1, 0.15) is 0 Å². The normalized spacial score (nSPS) is 25.4. The average molecular weight is 287 g/mol. The highest BCUT2D eigenvalue weighted by atomic mass is 14.9. The summed E-state index contributed by atoms with van der Waals surface area (Å²) in [5.74, 6) is 2.44. The van der Waals surface area contributed by atoms with Gasteiger partial charge in [-0.2, -0.15) is 0 Å². The molecule has 0 radical (unpaired) electrons. The van der Waals surface area contributed by atoms with E-state index in [2.05, 4.69) is 65.1 Å². The Hall–Kier alpha value is -0.820. The first-order valence-corrected chi connectivity index (χ1v) is 8.62. The Morgan fingerprint density at radius 3 is 2.29 bits per heavy atom. The van der Waals surface area contributed by atoms with E-state index in [1.165, 1.54) is 24.0 Å². The van der Waals surface area contributed by atoms with Crippen molar-refractivity contribution in [3.05, 3.63) is 34.9 Å². The van der Waals surface area contributed by atoms with E-state index in [0.717, 1.165) is 30.8 Å². The minimum atomic E-state index is 0.377. The van der Waals surface area contributed by atoms with Crippen molar-refractivity contribution in [3.8, 4) is 0 Å². The van der Waals surface area contributed by atoms with Gasteiger partial charge in [0.2, 0.25) is 0 Å². The van der Waals surface area contributed by atoms with E-state index in [0.29, 0.717) is 5.41 Å². The van der Waals surface area contributed by atoms with Gasteiger partial charge >= 0.3 is 0 Å². The Bertz CT molecular complexity index is 467. The fraction of sp³-hybridized carbons (Fsp3) is 0.700. The van der Waals surface area contributed by atoms with Crippen LogP contribution in [0.25, 0.3) is 0 Å². The lowest BCUT2D eigenvalue weighted by Crippen LogP contribution is -2.50. The van der Waals surface area contributed by atoms with Crippen LogP contribution < -0.4 is 5.32 Å². The van der Waals surface area contributed by atoms with E-state index >= 15 is 0 Å². The highest BCUT2D eigenvalue weighted by Crippen LogP contribution is 2.50. The molecule has 1 aliphatic carbocycles. The molecular formula is C20H33N. The zero-order chi connectivity index (χ0) is 15.6. The summed E-state index contributed by atoms with van der Waals surface area (Å²) in [5, 5.41) is 3.72. The Morgan fingerprint density at radius 1 is 1.10 bits per heavy atom. The van der Waals surface area contributed by atoms with Crippen LogP contribution in [-0.2, 0) is 5.41 Å². The Morgan fingerprint density at radius 2 is 1.76 bits per heavy atom. The molecule has 21 heavy (non-hydrogen) atoms. The van der Waals surface area contributed by atoms with Crippen molar-refractivity contribution in [1.29, 1.82) is 0 Å². The lowest BCUT2D eigenvalue weighted by molar-refractivity contribution is 0.0970. The molecule has 0 unspecified atom stereocenters. The molecule has 1 aromatic carbocycles. The van der Waals surface area contributed by atoms with Gasteiger partial charge in [0.25, 0.3) is 0 Å². The molecule has 118 valence electrons. The number of aryl methyl sites for hydroxylation is 2. The molecule has 1 heteroatoms. The minimum absolute atomic E-state index is 0.377. The van der Waals surface area contributed by atoms with Gasteiger partial charge in [0.15, 0.2) is 0 Å². The fourth-order valence-corrected chi connectivity index (χ4v) is 3.57. The van der Waals surface area contributed by atoms with E-state index < -0.39 is 0 Å². The van der Waals surface area contributed by atoms with Crippen LogP contribution in [0.2, 0.25) is 0 Å². The summed E-state index contributed by atoms with van der Waals surface area (Å²) in [6.45, 7) is 16.0. The topological polar surface area (TPSA) is 12.0 Å². The van der Waals surface area contributed by atoms with Gasteiger partial charge in [0, 0.05) is 12.0 Å². The predicted octanol–water partition coefficient (Wildman–Crippen LogP) is 4.85. The van der Waals surface area contributed by atoms with E-state index in [4.69, 9.17) is 0 Å². The third-order valence-electron chi connectivity index (χ3n) is 5.38. The molecule has 1 N–H and O–H groups in total. The van der Waals surface area contributed by atoms with Gasteiger partial charge < -0.3 is 5.32 Å². The Kier molecular flexibility index (Phi) is 5.14. The maximum atomic E-state index is 3.72. The molecule has 1 aromatic rings. The molecular weight excluding hydrogens is 254 g/mol. The highest BCUT2D eigenvalue weighted by Gasteiger charge is 2.46. The number of nitrogens with one attached hydrogen (secondary N) is 1. The van der Waals surface area contributed by atoms with E-state index in [1.54, 1.807) is 5.56 Å². The van der Waals surface area contributed by atoms with Gasteiger partial charge in [-0.15, -0.1) is 0 Å². The molecule has 2 rings (SSSR count). The van der Waals surface area contributed by atoms with E-state index in [1.807, 2.05) is 0 Å². The van der Waals surface area contributed by atoms with Crippen LogP contribution in [0.4, 0.5) is 0 Å². The lowest BCUT2D eigenvalue weighted by Gasteiger charge is -2.50. The number of rotatable bonds is 6. The van der Waals surface area contributed by atoms with Crippen molar-refractivity contribution in [3.63, 3.8) is 0 Å². The van der Waals surface area contributed by atoms with Crippen LogP contribution in [0.1, 0.15) is 57.2 Å². The number of benzene rings is 1. The second-order valence-electron chi connectivity index (χ2n) is 8.02. The highest BCUT2D eigenvalue weighted by molar-refractivity contribution is 5.37. The molecule has 1 nitrogen and oxygen atoms in total. The second-order valence-corrected chi connectivity index (χ2v) is 8.02. The van der Waals surface area contributed by atoms with Crippen molar-refractivity contribution in [2.45, 2.75) is 59.8 Å². The first kappa shape index (κ1) is 16.5. The molecule has 0 aliphatic heterocycles. The number of hydrogen-bond acceptors (Lipinski definition) is 1. The van der Waals surface area contributed by atoms with Crippen molar-refractivity contribution in [2.24, 2.45) is 17.8 Å². The van der Waals surface area contributed by atoms with Crippen molar-refractivity contribution >= 4 is 0 Å². The predicted molar refractivity (Wildman–Crippen MR) is 92.9 cm³/mol. The molecule has 0 bridgehead atoms. The van der Waals surface area contributed by atoms with Crippen LogP contribution in [-0.4, -0.2) is 13.1 Å². The third kappa shape index (κ3) is 3.69. The quantitative estimate of drug-likeness (QED) is 0.788. The van der Waals surface area contributed by atoms with Crippen LogP contribution in [0.5, 0.6) is 0 Å². The minimum Gasteiger partial charge on any atom is -0.316 e. The lowest BCUT2D eigenvalue weighted by atomic mass is 9.55. The SMILES string of the molecule is Cc1ccc(C2(CNCC(C)C)CC(C(C)C)C2)cc1C. The zero-order valence-corrected chi connectivity index (χ0v) is 14.8. The molecule has 0 atom stereocenters. The molecule has 0 aromatic heterocycles. The van der Waals surface area contributed by atoms with Gasteiger partial charge in [0.05, 0.1) is 0 Å². The Balaban J connectivity index is 2.14. The van der Waals surface area contributed by atoms with Crippen LogP contribution in [0, 0.1) is 31.6 Å². The van der Waals surface area contributed by atoms with Gasteiger partial charge in [-0.1, -0.05) is 45.9 Å². The second kappa shape index (κ2) is 6.52. The van der Waals surface area contributed by atoms with Gasteiger partial charge in [-0.25, -0.2) is 0 Å². The largest absolute Gasteiger partial charge is 0.316 e. The first-order chi connectivity index (χ1) is 9.84. The molecule has 1 fully saturated rings. The Labute approximate surface area is 131 Å². The standard InChI is InChI=1S/C20H33N/c1-14(2)12-21-13-20(10-18(11-20)15(3)4)19-8-7-16(5)17(6)9-19/h7-9,14-15,18,21H,10-13H2,1-6H3. The summed E-state index contributed by atoms with van der Waals surface area (Å²) in [7, 11) is 0. The van der Waals surface area contributed by atoms with Gasteiger partial charge in [-0.05, 0) is 67.7 Å². The fourth-order valence-electron chi connectivity index (χ4n) is 3.57. The molecule has 0 amide bonds. The average Bonchev–Trinajstić information content (AvgIpc) is 2.35. The summed E-state index contributed by atoms with van der Waals surface area (Å²) in [5.41, 5.74) is 4.77. The van der Waals surface area contributed by atoms with E-state index in [9.17, 15) is 0 Å². The van der Waals surface area contributed by atoms with E-state index in [-0.39, 0.29) is 0 Å². The molecule has 0 saturated heterocycles. The maximum absolute atomic E-state index is 3.72. The van der Waals surface area contributed by atoms with Crippen LogP contribution in [0.15, 0.2) is 18.2 Å². The summed E-state index contributed by atoms with van der Waals surface area (Å²) in [6.07, 6.45) is 2.69. The third-order valence-corrected chi connectivity index (χ3v) is 5.38. The zero-order valence-electron chi connectivity index (χ0n) is 14.8. The molecule has 0 spiro atoms. The van der Waals surface area contributed by atoms with Gasteiger partial charge in [-0.3, -0.25) is 0 Å². The van der Waals surface area contributed by atoms with Crippen LogP contribution >= 0.6 is 0 Å². The summed E-state index contributed by atoms with van der Waals surface area (Å²) >= 11 is 0. The molecule has 1 aliphatic rings. The summed E-state index contributed by atoms with van der Waals surface area (Å²) < 4.78 is 0. The first-order valence-electron chi connectivity index (χ1n) is 8.62. The summed E-state index contributed by atoms with van der Waals surface area (Å²) in [4.78, 5) is 0. The monoisotopic (exact) mass is 287 g/mol. The molecule has 0 heterocycles.